The number of hydrogen-bond acceptors (Lipinski definition) is 6. The summed E-state index contributed by atoms with van der Waals surface area (Å²) in [6.45, 7) is 5.79. The Morgan fingerprint density at radius 3 is 3.06 bits per heavy atom. The van der Waals surface area contributed by atoms with Crippen molar-refractivity contribution in [2.24, 2.45) is 0 Å². The van der Waals surface area contributed by atoms with Gasteiger partial charge in [0.15, 0.2) is 0 Å². The topological polar surface area (TPSA) is 68.0 Å². The van der Waals surface area contributed by atoms with Gasteiger partial charge in [0.2, 0.25) is 11.8 Å². The lowest BCUT2D eigenvalue weighted by molar-refractivity contribution is -0.120. The molecule has 0 saturated carbocycles. The zero-order valence-corrected chi connectivity index (χ0v) is 11.4. The van der Waals surface area contributed by atoms with Crippen LogP contribution in [0.3, 0.4) is 0 Å². The zero-order valence-electron chi connectivity index (χ0n) is 9.80. The van der Waals surface area contributed by atoms with Crippen molar-refractivity contribution in [3.8, 4) is 0 Å². The molecule has 0 aliphatic heterocycles. The molecule has 7 heteroatoms. The lowest BCUT2D eigenvalue weighted by Gasteiger charge is -2.07. The van der Waals surface area contributed by atoms with Gasteiger partial charge >= 0.3 is 0 Å². The van der Waals surface area contributed by atoms with Gasteiger partial charge in [-0.05, 0) is 13.2 Å². The van der Waals surface area contributed by atoms with Crippen molar-refractivity contribution in [3.05, 3.63) is 18.5 Å². The average Bonchev–Trinajstić information content (AvgIpc) is 2.74. The van der Waals surface area contributed by atoms with Crippen LogP contribution in [0.25, 0.3) is 0 Å². The Kier molecular flexibility index (Phi) is 6.13. The first-order valence-corrected chi connectivity index (χ1v) is 7.31. The Balaban J connectivity index is 2.46. The molecule has 0 aromatic carbocycles. The van der Waals surface area contributed by atoms with Gasteiger partial charge in [-0.1, -0.05) is 17.8 Å². The maximum absolute atomic E-state index is 11.6. The van der Waals surface area contributed by atoms with Crippen LogP contribution >= 0.6 is 23.5 Å². The monoisotopic (exact) mass is 273 g/mol. The molecule has 0 saturated heterocycles. The summed E-state index contributed by atoms with van der Waals surface area (Å²) in [5.41, 5.74) is 0. The molecule has 1 unspecified atom stereocenters. The van der Waals surface area contributed by atoms with Crippen molar-refractivity contribution in [1.29, 1.82) is 0 Å². The molecule has 1 aromatic heterocycles. The van der Waals surface area contributed by atoms with E-state index in [4.69, 9.17) is 4.42 Å². The molecule has 1 N–H and O–H groups in total. The maximum Gasteiger partial charge on any atom is 0.277 e. The van der Waals surface area contributed by atoms with Gasteiger partial charge < -0.3 is 9.73 Å². The van der Waals surface area contributed by atoms with E-state index in [1.54, 1.807) is 24.8 Å². The number of nitrogens with one attached hydrogen (secondary N) is 1. The van der Waals surface area contributed by atoms with E-state index >= 15 is 0 Å². The Morgan fingerprint density at radius 2 is 2.41 bits per heavy atom. The summed E-state index contributed by atoms with van der Waals surface area (Å²) in [4.78, 5) is 11.6. The minimum absolute atomic E-state index is 0.0699. The van der Waals surface area contributed by atoms with E-state index in [0.717, 1.165) is 0 Å². The van der Waals surface area contributed by atoms with Crippen LogP contribution < -0.4 is 5.32 Å². The van der Waals surface area contributed by atoms with E-state index in [1.165, 1.54) is 11.8 Å². The van der Waals surface area contributed by atoms with Crippen molar-refractivity contribution in [3.63, 3.8) is 0 Å². The van der Waals surface area contributed by atoms with Gasteiger partial charge in [0.05, 0.1) is 11.0 Å². The van der Waals surface area contributed by atoms with E-state index < -0.39 is 0 Å². The summed E-state index contributed by atoms with van der Waals surface area (Å²) in [6, 6.07) is 0. The number of amides is 1. The molecule has 1 heterocycles. The molecule has 17 heavy (non-hydrogen) atoms. The summed E-state index contributed by atoms with van der Waals surface area (Å²) in [5.74, 6) is 1.20. The van der Waals surface area contributed by atoms with Crippen LogP contribution in [-0.2, 0) is 10.5 Å². The van der Waals surface area contributed by atoms with E-state index in [0.29, 0.717) is 23.4 Å². The molecule has 0 bridgehead atoms. The zero-order chi connectivity index (χ0) is 12.7. The Morgan fingerprint density at radius 1 is 1.65 bits per heavy atom. The van der Waals surface area contributed by atoms with Crippen molar-refractivity contribution in [1.82, 2.24) is 15.5 Å². The second-order valence-electron chi connectivity index (χ2n) is 3.19. The van der Waals surface area contributed by atoms with Gasteiger partial charge in [0, 0.05) is 6.54 Å². The fraction of sp³-hybridized carbons (Fsp3) is 0.500. The Hall–Kier alpha value is -0.950. The number of rotatable bonds is 7. The fourth-order valence-corrected chi connectivity index (χ4v) is 2.08. The highest BCUT2D eigenvalue weighted by atomic mass is 32.2. The summed E-state index contributed by atoms with van der Waals surface area (Å²) in [5, 5.41) is 10.6. The summed E-state index contributed by atoms with van der Waals surface area (Å²) < 4.78 is 5.37. The van der Waals surface area contributed by atoms with Gasteiger partial charge in [-0.15, -0.1) is 16.8 Å². The molecular formula is C10H15N3O2S2. The van der Waals surface area contributed by atoms with Gasteiger partial charge in [-0.25, -0.2) is 0 Å². The second kappa shape index (κ2) is 7.39. The minimum atomic E-state index is -0.266. The fourth-order valence-electron chi connectivity index (χ4n) is 0.989. The molecule has 0 fully saturated rings. The number of hydrogen-bond donors (Lipinski definition) is 1. The average molecular weight is 273 g/mol. The summed E-state index contributed by atoms with van der Waals surface area (Å²) >= 11 is 2.86. The van der Waals surface area contributed by atoms with E-state index in [-0.39, 0.29) is 11.2 Å². The van der Waals surface area contributed by atoms with Crippen LogP contribution in [0, 0.1) is 0 Å². The molecule has 94 valence electrons. The molecule has 1 rings (SSSR count). The van der Waals surface area contributed by atoms with Crippen LogP contribution in [0.15, 0.2) is 22.3 Å². The molecule has 1 amide bonds. The van der Waals surface area contributed by atoms with Crippen LogP contribution in [0.5, 0.6) is 0 Å². The van der Waals surface area contributed by atoms with E-state index in [1.807, 2.05) is 6.26 Å². The van der Waals surface area contributed by atoms with Gasteiger partial charge in [0.25, 0.3) is 5.22 Å². The molecule has 0 aliphatic rings. The third-order valence-corrected chi connectivity index (χ3v) is 3.25. The molecule has 5 nitrogen and oxygen atoms in total. The first-order valence-electron chi connectivity index (χ1n) is 5.04. The lowest BCUT2D eigenvalue weighted by Crippen LogP contribution is -2.30. The smallest absolute Gasteiger partial charge is 0.277 e. The Bertz CT molecular complexity index is 381. The predicted octanol–water partition coefficient (Wildman–Crippen LogP) is 1.72. The predicted molar refractivity (Wildman–Crippen MR) is 70.0 cm³/mol. The number of thioether (sulfide) groups is 2. The quantitative estimate of drug-likeness (QED) is 0.602. The van der Waals surface area contributed by atoms with Gasteiger partial charge in [0.1, 0.15) is 0 Å². The Labute approximate surface area is 109 Å². The normalized spacial score (nSPS) is 12.1. The SMILES string of the molecule is C=CCNC(=O)C(C)Sc1nnc(CSC)o1. The largest absolute Gasteiger partial charge is 0.415 e. The third-order valence-electron chi connectivity index (χ3n) is 1.78. The highest BCUT2D eigenvalue weighted by Gasteiger charge is 2.17. The molecule has 0 aliphatic carbocycles. The van der Waals surface area contributed by atoms with Crippen molar-refractivity contribution >= 4 is 29.4 Å². The van der Waals surface area contributed by atoms with Crippen LogP contribution in [-0.4, -0.2) is 34.2 Å². The second-order valence-corrected chi connectivity index (χ2v) is 5.35. The van der Waals surface area contributed by atoms with Gasteiger partial charge in [-0.2, -0.15) is 11.8 Å². The number of carbonyl (C=O) groups is 1. The van der Waals surface area contributed by atoms with Crippen molar-refractivity contribution < 1.29 is 9.21 Å². The standard InChI is InChI=1S/C10H15N3O2S2/c1-4-5-11-9(14)7(2)17-10-13-12-8(15-10)6-16-3/h4,7H,1,5-6H2,2-3H3,(H,11,14). The highest BCUT2D eigenvalue weighted by molar-refractivity contribution is 8.00. The first-order chi connectivity index (χ1) is 8.17. The van der Waals surface area contributed by atoms with E-state index in [2.05, 4.69) is 22.1 Å². The molecule has 0 radical (unpaired) electrons. The van der Waals surface area contributed by atoms with Crippen molar-refractivity contribution in [2.75, 3.05) is 12.8 Å². The molecule has 1 atom stereocenters. The first kappa shape index (κ1) is 14.1. The molecule has 0 spiro atoms. The van der Waals surface area contributed by atoms with Crippen LogP contribution in [0.1, 0.15) is 12.8 Å². The number of carbonyl (C=O) groups excluding carboxylic acids is 1. The number of aromatic nitrogens is 2. The molecular weight excluding hydrogens is 258 g/mol. The third kappa shape index (κ3) is 4.82. The van der Waals surface area contributed by atoms with Crippen molar-refractivity contribution in [2.45, 2.75) is 23.1 Å². The summed E-state index contributed by atoms with van der Waals surface area (Å²) in [6.07, 6.45) is 3.60. The number of nitrogens with zero attached hydrogens (tertiary/aromatic N) is 2. The van der Waals surface area contributed by atoms with Crippen LogP contribution in [0.4, 0.5) is 0 Å². The minimum Gasteiger partial charge on any atom is -0.415 e. The lowest BCUT2D eigenvalue weighted by atomic mass is 10.4. The molecule has 1 aromatic rings. The van der Waals surface area contributed by atoms with E-state index in [9.17, 15) is 4.79 Å². The maximum atomic E-state index is 11.6. The van der Waals surface area contributed by atoms with Gasteiger partial charge in [-0.3, -0.25) is 4.79 Å². The van der Waals surface area contributed by atoms with Crippen LogP contribution in [0.2, 0.25) is 0 Å². The highest BCUT2D eigenvalue weighted by Crippen LogP contribution is 2.22. The summed E-state index contributed by atoms with van der Waals surface area (Å²) in [7, 11) is 0.